The Hall–Kier alpha value is -1.86. The number of anilines is 1. The van der Waals surface area contributed by atoms with Crippen LogP contribution in [0.25, 0.3) is 0 Å². The highest BCUT2D eigenvalue weighted by Gasteiger charge is 2.21. The summed E-state index contributed by atoms with van der Waals surface area (Å²) in [6.07, 6.45) is 0.865. The first kappa shape index (κ1) is 17.2. The number of carbonyl (C=O) groups is 1. The van der Waals surface area contributed by atoms with Crippen molar-refractivity contribution >= 4 is 29.7 Å². The second-order valence-electron chi connectivity index (χ2n) is 4.68. The van der Waals surface area contributed by atoms with E-state index in [-0.39, 0.29) is 29.9 Å². The summed E-state index contributed by atoms with van der Waals surface area (Å²) in [6, 6.07) is 6.46. The molecule has 8 heteroatoms. The lowest BCUT2D eigenvalue weighted by Crippen LogP contribution is -2.35. The molecular formula is C13H19ClN4O3. The summed E-state index contributed by atoms with van der Waals surface area (Å²) in [4.78, 5) is 22.1. The number of nitrogens with one attached hydrogen (secondary N) is 3. The number of hydrogen-bond donors (Lipinski definition) is 3. The van der Waals surface area contributed by atoms with E-state index in [4.69, 9.17) is 0 Å². The van der Waals surface area contributed by atoms with Crippen molar-refractivity contribution in [2.75, 3.05) is 31.5 Å². The zero-order chi connectivity index (χ0) is 14.4. The van der Waals surface area contributed by atoms with Crippen LogP contribution in [0, 0.1) is 16.0 Å². The molecule has 0 aromatic heterocycles. The van der Waals surface area contributed by atoms with Crippen LogP contribution in [0.5, 0.6) is 0 Å². The third-order valence-corrected chi connectivity index (χ3v) is 3.27. The van der Waals surface area contributed by atoms with Crippen molar-refractivity contribution in [3.8, 4) is 0 Å². The van der Waals surface area contributed by atoms with E-state index in [2.05, 4.69) is 16.0 Å². The van der Waals surface area contributed by atoms with Gasteiger partial charge in [0.05, 0.1) is 10.8 Å². The summed E-state index contributed by atoms with van der Waals surface area (Å²) in [7, 11) is 0. The van der Waals surface area contributed by atoms with E-state index in [1.165, 1.54) is 6.07 Å². The van der Waals surface area contributed by atoms with Gasteiger partial charge in [-0.25, -0.2) is 0 Å². The zero-order valence-electron chi connectivity index (χ0n) is 11.5. The van der Waals surface area contributed by atoms with E-state index in [1.54, 1.807) is 18.2 Å². The van der Waals surface area contributed by atoms with E-state index < -0.39 is 4.92 Å². The first-order chi connectivity index (χ1) is 9.68. The smallest absolute Gasteiger partial charge is 0.292 e. The molecule has 1 unspecified atom stereocenters. The molecule has 1 fully saturated rings. The Balaban J connectivity index is 0.00000220. The van der Waals surface area contributed by atoms with Gasteiger partial charge in [0.2, 0.25) is 5.91 Å². The number of nitrogens with zero attached hydrogens (tertiary/aromatic N) is 1. The molecule has 1 aliphatic rings. The van der Waals surface area contributed by atoms with Gasteiger partial charge in [-0.2, -0.15) is 0 Å². The minimum atomic E-state index is -0.425. The zero-order valence-corrected chi connectivity index (χ0v) is 12.3. The molecule has 1 atom stereocenters. The van der Waals surface area contributed by atoms with Gasteiger partial charge in [-0.15, -0.1) is 12.4 Å². The van der Waals surface area contributed by atoms with Crippen molar-refractivity contribution in [1.82, 2.24) is 10.6 Å². The van der Waals surface area contributed by atoms with Gasteiger partial charge < -0.3 is 16.0 Å². The summed E-state index contributed by atoms with van der Waals surface area (Å²) in [6.45, 7) is 2.51. The number of para-hydroxylation sites is 2. The van der Waals surface area contributed by atoms with Crippen LogP contribution in [0.3, 0.4) is 0 Å². The Morgan fingerprint density at radius 1 is 1.38 bits per heavy atom. The maximum Gasteiger partial charge on any atom is 0.292 e. The molecule has 0 saturated carbocycles. The van der Waals surface area contributed by atoms with Crippen molar-refractivity contribution in [2.45, 2.75) is 6.42 Å². The van der Waals surface area contributed by atoms with Gasteiger partial charge in [-0.3, -0.25) is 14.9 Å². The van der Waals surface area contributed by atoms with Crippen molar-refractivity contribution in [3.63, 3.8) is 0 Å². The second-order valence-corrected chi connectivity index (χ2v) is 4.68. The molecule has 1 aromatic carbocycles. The summed E-state index contributed by atoms with van der Waals surface area (Å²) in [5.74, 6) is 0.0837. The van der Waals surface area contributed by atoms with Crippen LogP contribution >= 0.6 is 12.4 Å². The van der Waals surface area contributed by atoms with Gasteiger partial charge in [0.15, 0.2) is 0 Å². The van der Waals surface area contributed by atoms with E-state index in [1.807, 2.05) is 0 Å². The lowest BCUT2D eigenvalue weighted by molar-refractivity contribution is -0.384. The summed E-state index contributed by atoms with van der Waals surface area (Å²) in [5, 5.41) is 19.8. The van der Waals surface area contributed by atoms with Gasteiger partial charge in [0.1, 0.15) is 5.69 Å². The van der Waals surface area contributed by atoms with E-state index >= 15 is 0 Å². The summed E-state index contributed by atoms with van der Waals surface area (Å²) < 4.78 is 0. The highest BCUT2D eigenvalue weighted by Crippen LogP contribution is 2.22. The lowest BCUT2D eigenvalue weighted by Gasteiger charge is -2.11. The van der Waals surface area contributed by atoms with E-state index in [0.29, 0.717) is 18.8 Å². The minimum absolute atomic E-state index is 0. The minimum Gasteiger partial charge on any atom is -0.378 e. The van der Waals surface area contributed by atoms with Crippen molar-refractivity contribution < 1.29 is 9.72 Å². The Bertz CT molecular complexity index is 492. The van der Waals surface area contributed by atoms with Crippen molar-refractivity contribution in [1.29, 1.82) is 0 Å². The number of hydrogen-bond acceptors (Lipinski definition) is 5. The number of benzene rings is 1. The largest absolute Gasteiger partial charge is 0.378 e. The van der Waals surface area contributed by atoms with Gasteiger partial charge in [-0.1, -0.05) is 12.1 Å². The number of amides is 1. The predicted octanol–water partition coefficient (Wildman–Crippen LogP) is 1.15. The van der Waals surface area contributed by atoms with Crippen LogP contribution in [-0.2, 0) is 4.79 Å². The molecule has 0 radical (unpaired) electrons. The molecule has 3 N–H and O–H groups in total. The van der Waals surface area contributed by atoms with Crippen molar-refractivity contribution in [3.05, 3.63) is 34.4 Å². The first-order valence-corrected chi connectivity index (χ1v) is 6.64. The van der Waals surface area contributed by atoms with Gasteiger partial charge in [-0.05, 0) is 19.0 Å². The molecule has 1 amide bonds. The van der Waals surface area contributed by atoms with Crippen LogP contribution in [0.2, 0.25) is 0 Å². The van der Waals surface area contributed by atoms with Crippen LogP contribution in [0.15, 0.2) is 24.3 Å². The predicted molar refractivity (Wildman–Crippen MR) is 82.8 cm³/mol. The normalized spacial score (nSPS) is 16.9. The first-order valence-electron chi connectivity index (χ1n) is 6.64. The Morgan fingerprint density at radius 3 is 2.81 bits per heavy atom. The molecule has 0 bridgehead atoms. The highest BCUT2D eigenvalue weighted by atomic mass is 35.5. The molecule has 1 aromatic rings. The topological polar surface area (TPSA) is 96.3 Å². The Morgan fingerprint density at radius 2 is 2.14 bits per heavy atom. The van der Waals surface area contributed by atoms with E-state index in [9.17, 15) is 14.9 Å². The number of carbonyl (C=O) groups excluding carboxylic acids is 1. The van der Waals surface area contributed by atoms with Crippen LogP contribution in [0.1, 0.15) is 6.42 Å². The monoisotopic (exact) mass is 314 g/mol. The molecule has 0 spiro atoms. The standard InChI is InChI=1S/C13H18N4O3.ClH/c18-13(10-5-6-14-9-10)16-8-7-15-11-3-1-2-4-12(11)17(19)20;/h1-4,10,14-15H,5-9H2,(H,16,18);1H. The fourth-order valence-electron chi connectivity index (χ4n) is 2.19. The van der Waals surface area contributed by atoms with Crippen LogP contribution < -0.4 is 16.0 Å². The fourth-order valence-corrected chi connectivity index (χ4v) is 2.19. The highest BCUT2D eigenvalue weighted by molar-refractivity contribution is 5.85. The summed E-state index contributed by atoms with van der Waals surface area (Å²) >= 11 is 0. The number of rotatable bonds is 6. The quantitative estimate of drug-likeness (QED) is 0.416. The Labute approximate surface area is 129 Å². The van der Waals surface area contributed by atoms with Crippen LogP contribution in [0.4, 0.5) is 11.4 Å². The summed E-state index contributed by atoms with van der Waals surface area (Å²) in [5.41, 5.74) is 0.508. The molecular weight excluding hydrogens is 296 g/mol. The second kappa shape index (κ2) is 8.43. The lowest BCUT2D eigenvalue weighted by atomic mass is 10.1. The maximum absolute atomic E-state index is 11.7. The van der Waals surface area contributed by atoms with Gasteiger partial charge in [0, 0.05) is 25.7 Å². The molecule has 21 heavy (non-hydrogen) atoms. The molecule has 1 aliphatic heterocycles. The average molecular weight is 315 g/mol. The molecule has 0 aliphatic carbocycles. The third-order valence-electron chi connectivity index (χ3n) is 3.27. The van der Waals surface area contributed by atoms with E-state index in [0.717, 1.165) is 19.5 Å². The maximum atomic E-state index is 11.7. The van der Waals surface area contributed by atoms with Gasteiger partial charge >= 0.3 is 0 Å². The molecule has 1 saturated heterocycles. The van der Waals surface area contributed by atoms with Crippen molar-refractivity contribution in [2.24, 2.45) is 5.92 Å². The van der Waals surface area contributed by atoms with Crippen LogP contribution in [-0.4, -0.2) is 37.0 Å². The molecule has 1 heterocycles. The number of nitro groups is 1. The Kier molecular flexibility index (Phi) is 6.90. The van der Waals surface area contributed by atoms with Gasteiger partial charge in [0.25, 0.3) is 5.69 Å². The molecule has 116 valence electrons. The number of nitro benzene ring substituents is 1. The fraction of sp³-hybridized carbons (Fsp3) is 0.462. The average Bonchev–Trinajstić information content (AvgIpc) is 2.98. The molecule has 7 nitrogen and oxygen atoms in total. The number of halogens is 1. The SMILES string of the molecule is Cl.O=C(NCCNc1ccccc1[N+](=O)[O-])C1CCNC1. The third kappa shape index (κ3) is 4.87. The molecule has 2 rings (SSSR count).